The van der Waals surface area contributed by atoms with Crippen molar-refractivity contribution in [3.8, 4) is 11.3 Å². The average Bonchev–Trinajstić information content (AvgIpc) is 3.36. The topological polar surface area (TPSA) is 76.3 Å². The number of halogens is 5. The molecule has 0 aliphatic carbocycles. The van der Waals surface area contributed by atoms with Crippen LogP contribution in [-0.2, 0) is 20.9 Å². The summed E-state index contributed by atoms with van der Waals surface area (Å²) in [5.74, 6) is 0. The second-order valence-electron chi connectivity index (χ2n) is 8.83. The molecule has 0 N–H and O–H groups in total. The summed E-state index contributed by atoms with van der Waals surface area (Å²) in [6.07, 6.45) is -2.97. The monoisotopic (exact) mass is 684 g/mol. The summed E-state index contributed by atoms with van der Waals surface area (Å²) >= 11 is 10.9. The summed E-state index contributed by atoms with van der Waals surface area (Å²) in [6.45, 7) is 1.06. The third-order valence-corrected chi connectivity index (χ3v) is 9.66. The average molecular weight is 686 g/mol. The highest BCUT2D eigenvalue weighted by atomic mass is 79.9. The highest BCUT2D eigenvalue weighted by Crippen LogP contribution is 2.33. The first kappa shape index (κ1) is 29.7. The highest BCUT2D eigenvalue weighted by molar-refractivity contribution is 9.10. The van der Waals surface area contributed by atoms with Gasteiger partial charge in [0.05, 0.1) is 46.3 Å². The van der Waals surface area contributed by atoms with Gasteiger partial charge in [-0.2, -0.15) is 22.6 Å². The Morgan fingerprint density at radius 1 is 1.02 bits per heavy atom. The zero-order valence-corrected chi connectivity index (χ0v) is 25.0. The molecule has 0 radical (unpaired) electrons. The Bertz CT molecular complexity index is 1770. The lowest BCUT2D eigenvalue weighted by atomic mass is 10.1. The lowest BCUT2D eigenvalue weighted by Gasteiger charge is -2.26. The van der Waals surface area contributed by atoms with Crippen LogP contribution < -0.4 is 4.80 Å². The summed E-state index contributed by atoms with van der Waals surface area (Å²) in [5, 5.41) is 6.37. The van der Waals surface area contributed by atoms with E-state index < -0.39 is 21.8 Å². The van der Waals surface area contributed by atoms with E-state index in [0.717, 1.165) is 33.5 Å². The van der Waals surface area contributed by atoms with Gasteiger partial charge in [-0.15, -0.1) is 11.3 Å². The van der Waals surface area contributed by atoms with Crippen molar-refractivity contribution >= 4 is 60.8 Å². The molecule has 14 heteroatoms. The summed E-state index contributed by atoms with van der Waals surface area (Å²) in [7, 11) is -3.82. The van der Waals surface area contributed by atoms with E-state index in [-0.39, 0.29) is 39.1 Å². The van der Waals surface area contributed by atoms with Gasteiger partial charge in [0.25, 0.3) is 0 Å². The molecule has 4 aromatic rings. The van der Waals surface area contributed by atoms with Crippen LogP contribution >= 0.6 is 38.9 Å². The van der Waals surface area contributed by atoms with E-state index in [0.29, 0.717) is 18.9 Å². The molecule has 0 amide bonds. The van der Waals surface area contributed by atoms with E-state index in [9.17, 15) is 21.6 Å². The number of thiazole rings is 1. The van der Waals surface area contributed by atoms with Crippen LogP contribution in [0.1, 0.15) is 11.1 Å². The standard InChI is InChI=1S/C27H21BrClF3N4O3S2/c28-21-6-4-18(5-7-21)16-33-36-25(19-2-1-3-20(14-19)27(30,31)32)17-40-26(36)34-24-15-22(8-9-23(24)29)41(37,38)35-10-12-39-13-11-35/h1-9,14-17H,10-13H2. The second-order valence-corrected chi connectivity index (χ2v) is 12.9. The van der Waals surface area contributed by atoms with Crippen molar-refractivity contribution in [2.75, 3.05) is 26.3 Å². The molecule has 5 rings (SSSR count). The Hall–Kier alpha value is -2.81. The van der Waals surface area contributed by atoms with Gasteiger partial charge in [-0.25, -0.2) is 18.1 Å². The van der Waals surface area contributed by atoms with Gasteiger partial charge in [0, 0.05) is 28.5 Å². The minimum absolute atomic E-state index is 0.0159. The molecule has 1 aliphatic rings. The molecular formula is C27H21BrClF3N4O3S2. The van der Waals surface area contributed by atoms with Gasteiger partial charge in [0.15, 0.2) is 0 Å². The van der Waals surface area contributed by atoms with Crippen LogP contribution in [-0.4, -0.2) is 49.9 Å². The Balaban J connectivity index is 1.63. The normalized spacial score (nSPS) is 15.6. The number of aromatic nitrogens is 1. The third kappa shape index (κ3) is 6.82. The fourth-order valence-corrected chi connectivity index (χ4v) is 6.69. The molecule has 1 aliphatic heterocycles. The van der Waals surface area contributed by atoms with Gasteiger partial charge in [-0.1, -0.05) is 51.8 Å². The number of alkyl halides is 3. The summed E-state index contributed by atoms with van der Waals surface area (Å²) in [4.78, 5) is 4.89. The molecule has 0 atom stereocenters. The molecule has 0 bridgehead atoms. The second kappa shape index (κ2) is 12.2. The van der Waals surface area contributed by atoms with Gasteiger partial charge < -0.3 is 4.74 Å². The molecule has 3 aromatic carbocycles. The Morgan fingerprint density at radius 2 is 1.76 bits per heavy atom. The van der Waals surface area contributed by atoms with Crippen LogP contribution in [0.25, 0.3) is 11.3 Å². The summed E-state index contributed by atoms with van der Waals surface area (Å²) < 4.78 is 75.7. The number of nitrogens with zero attached hydrogens (tertiary/aromatic N) is 4. The third-order valence-electron chi connectivity index (χ3n) is 6.10. The minimum atomic E-state index is -4.52. The van der Waals surface area contributed by atoms with E-state index in [2.05, 4.69) is 26.0 Å². The van der Waals surface area contributed by atoms with E-state index in [4.69, 9.17) is 16.3 Å². The van der Waals surface area contributed by atoms with Crippen molar-refractivity contribution in [1.29, 1.82) is 0 Å². The van der Waals surface area contributed by atoms with Gasteiger partial charge in [-0.05, 0) is 48.0 Å². The number of morpholine rings is 1. The molecule has 2 heterocycles. The Labute approximate surface area is 251 Å². The van der Waals surface area contributed by atoms with Crippen molar-refractivity contribution in [3.63, 3.8) is 0 Å². The molecule has 0 unspecified atom stereocenters. The van der Waals surface area contributed by atoms with E-state index >= 15 is 0 Å². The highest BCUT2D eigenvalue weighted by Gasteiger charge is 2.31. The number of hydrogen-bond acceptors (Lipinski definition) is 6. The van der Waals surface area contributed by atoms with Crippen molar-refractivity contribution < 1.29 is 26.3 Å². The van der Waals surface area contributed by atoms with Crippen molar-refractivity contribution in [3.05, 3.63) is 97.5 Å². The van der Waals surface area contributed by atoms with Gasteiger partial charge >= 0.3 is 6.18 Å². The quantitative estimate of drug-likeness (QED) is 0.210. The molecule has 0 saturated carbocycles. The van der Waals surface area contributed by atoms with Crippen molar-refractivity contribution in [1.82, 2.24) is 8.98 Å². The number of benzene rings is 3. The first-order chi connectivity index (χ1) is 19.5. The molecule has 214 valence electrons. The largest absolute Gasteiger partial charge is 0.416 e. The van der Waals surface area contributed by atoms with Gasteiger partial charge in [0.1, 0.15) is 0 Å². The number of rotatable bonds is 6. The molecule has 1 aromatic heterocycles. The molecule has 1 saturated heterocycles. The van der Waals surface area contributed by atoms with Crippen LogP contribution in [0.15, 0.2) is 91.6 Å². The molecular weight excluding hydrogens is 665 g/mol. The predicted molar refractivity (Wildman–Crippen MR) is 156 cm³/mol. The van der Waals surface area contributed by atoms with Gasteiger partial charge in [-0.3, -0.25) is 0 Å². The van der Waals surface area contributed by atoms with Gasteiger partial charge in [0.2, 0.25) is 14.8 Å². The molecule has 7 nitrogen and oxygen atoms in total. The first-order valence-corrected chi connectivity index (χ1v) is 15.6. The maximum absolute atomic E-state index is 13.5. The maximum Gasteiger partial charge on any atom is 0.416 e. The zero-order chi connectivity index (χ0) is 29.2. The van der Waals surface area contributed by atoms with Crippen LogP contribution in [0.2, 0.25) is 5.02 Å². The van der Waals surface area contributed by atoms with Crippen LogP contribution in [0.5, 0.6) is 0 Å². The lowest BCUT2D eigenvalue weighted by Crippen LogP contribution is -2.40. The van der Waals surface area contributed by atoms with Crippen molar-refractivity contribution in [2.24, 2.45) is 10.1 Å². The number of sulfonamides is 1. The predicted octanol–water partition coefficient (Wildman–Crippen LogP) is 6.79. The zero-order valence-electron chi connectivity index (χ0n) is 21.1. The molecule has 0 spiro atoms. The van der Waals surface area contributed by atoms with Crippen molar-refractivity contribution in [2.45, 2.75) is 11.1 Å². The van der Waals surface area contributed by atoms with E-state index in [1.54, 1.807) is 17.7 Å². The van der Waals surface area contributed by atoms with Crippen LogP contribution in [0.4, 0.5) is 18.9 Å². The summed E-state index contributed by atoms with van der Waals surface area (Å²) in [6, 6.07) is 16.4. The Kier molecular flexibility index (Phi) is 8.83. The van der Waals surface area contributed by atoms with Crippen LogP contribution in [0, 0.1) is 0 Å². The molecule has 41 heavy (non-hydrogen) atoms. The summed E-state index contributed by atoms with van der Waals surface area (Å²) in [5.41, 5.74) is 0.754. The Morgan fingerprint density at radius 3 is 2.46 bits per heavy atom. The maximum atomic E-state index is 13.5. The molecule has 1 fully saturated rings. The smallest absolute Gasteiger partial charge is 0.379 e. The minimum Gasteiger partial charge on any atom is -0.379 e. The van der Waals surface area contributed by atoms with Crippen LogP contribution in [0.3, 0.4) is 0 Å². The first-order valence-electron chi connectivity index (χ1n) is 12.1. The SMILES string of the molecule is O=S(=O)(c1ccc(Cl)c(N=c2scc(-c3cccc(C(F)(F)F)c3)n2N=Cc2ccc(Br)cc2)c1)N1CCOCC1. The number of hydrogen-bond donors (Lipinski definition) is 0. The fraction of sp³-hybridized carbons (Fsp3) is 0.185. The lowest BCUT2D eigenvalue weighted by molar-refractivity contribution is -0.137. The van der Waals surface area contributed by atoms with E-state index in [1.807, 2.05) is 24.3 Å². The van der Waals surface area contributed by atoms with E-state index in [1.165, 1.54) is 33.2 Å². The number of ether oxygens (including phenoxy) is 1. The fourth-order valence-electron chi connectivity index (χ4n) is 3.99.